The molecule has 3 atom stereocenters. The number of amides is 1. The second kappa shape index (κ2) is 8.26. The van der Waals surface area contributed by atoms with Crippen LogP contribution < -0.4 is 5.43 Å². The van der Waals surface area contributed by atoms with Crippen molar-refractivity contribution in [3.63, 3.8) is 0 Å². The van der Waals surface area contributed by atoms with Crippen LogP contribution in [0.5, 0.6) is 0 Å². The molecule has 2 fully saturated rings. The monoisotopic (exact) mass is 428 g/mol. The minimum Gasteiger partial charge on any atom is -0.462 e. The van der Waals surface area contributed by atoms with E-state index in [-0.39, 0.29) is 29.4 Å². The molecule has 1 N–H and O–H groups in total. The van der Waals surface area contributed by atoms with E-state index in [1.54, 1.807) is 37.3 Å². The summed E-state index contributed by atoms with van der Waals surface area (Å²) in [5.74, 6) is 1.14. The van der Waals surface area contributed by atoms with E-state index in [0.29, 0.717) is 28.0 Å². The van der Waals surface area contributed by atoms with E-state index >= 15 is 0 Å². The smallest absolute Gasteiger partial charge is 0.339 e. The Morgan fingerprint density at radius 1 is 1.33 bits per heavy atom. The zero-order valence-electron chi connectivity index (χ0n) is 17.1. The molecule has 0 aliphatic heterocycles. The van der Waals surface area contributed by atoms with Crippen LogP contribution >= 0.6 is 11.6 Å². The van der Waals surface area contributed by atoms with Crippen molar-refractivity contribution < 1.29 is 18.7 Å². The number of furan rings is 1. The van der Waals surface area contributed by atoms with Crippen LogP contribution in [0.4, 0.5) is 0 Å². The standard InChI is InChI=1S/C23H25ClN2O4/c1-3-29-22(28)16-12-14(7-9-18(16)24)19-10-8-15(30-19)13-25-26-21(27)20-17-6-4-5-11-23(17,20)2/h7-10,12-13,17,20H,3-6,11H2,1-2H3,(H,26,27)/b25-13-/t17-,20+,23-/m1/s1. The minimum absolute atomic E-state index is 0.00999. The summed E-state index contributed by atoms with van der Waals surface area (Å²) in [7, 11) is 0. The third-order valence-electron chi connectivity index (χ3n) is 6.35. The molecule has 4 rings (SSSR count). The van der Waals surface area contributed by atoms with Gasteiger partial charge in [0.2, 0.25) is 5.91 Å². The lowest BCUT2D eigenvalue weighted by atomic mass is 9.90. The van der Waals surface area contributed by atoms with E-state index in [4.69, 9.17) is 20.8 Å². The molecule has 0 spiro atoms. The fourth-order valence-electron chi connectivity index (χ4n) is 4.70. The van der Waals surface area contributed by atoms with Crippen LogP contribution in [-0.4, -0.2) is 24.7 Å². The second-order valence-corrected chi connectivity index (χ2v) is 8.59. The molecule has 1 amide bonds. The molecule has 7 heteroatoms. The predicted octanol–water partition coefficient (Wildman–Crippen LogP) is 5.05. The van der Waals surface area contributed by atoms with Gasteiger partial charge in [-0.1, -0.05) is 31.4 Å². The fourth-order valence-corrected chi connectivity index (χ4v) is 4.90. The molecule has 0 saturated heterocycles. The molecular weight excluding hydrogens is 404 g/mol. The lowest BCUT2D eigenvalue weighted by Gasteiger charge is -2.15. The highest BCUT2D eigenvalue weighted by Crippen LogP contribution is 2.66. The maximum Gasteiger partial charge on any atom is 0.339 e. The number of esters is 1. The Balaban J connectivity index is 1.40. The van der Waals surface area contributed by atoms with E-state index in [1.165, 1.54) is 19.1 Å². The van der Waals surface area contributed by atoms with Gasteiger partial charge in [0.1, 0.15) is 11.5 Å². The van der Waals surface area contributed by atoms with Gasteiger partial charge in [0, 0.05) is 11.5 Å². The van der Waals surface area contributed by atoms with Gasteiger partial charge >= 0.3 is 5.97 Å². The maximum absolute atomic E-state index is 12.5. The van der Waals surface area contributed by atoms with E-state index < -0.39 is 5.97 Å². The number of nitrogens with zero attached hydrogens (tertiary/aromatic N) is 1. The number of fused-ring (bicyclic) bond motifs is 1. The SMILES string of the molecule is CCOC(=O)c1cc(-c2ccc(/C=N\NC(=O)[C@@H]3[C@H]4CCCC[C@]43C)o2)ccc1Cl. The lowest BCUT2D eigenvalue weighted by molar-refractivity contribution is -0.123. The Morgan fingerprint density at radius 3 is 2.90 bits per heavy atom. The topological polar surface area (TPSA) is 80.9 Å². The first kappa shape index (κ1) is 20.7. The van der Waals surface area contributed by atoms with Gasteiger partial charge in [-0.05, 0) is 61.4 Å². The van der Waals surface area contributed by atoms with Gasteiger partial charge in [-0.3, -0.25) is 4.79 Å². The second-order valence-electron chi connectivity index (χ2n) is 8.19. The summed E-state index contributed by atoms with van der Waals surface area (Å²) in [6.45, 7) is 4.22. The predicted molar refractivity (Wildman–Crippen MR) is 114 cm³/mol. The van der Waals surface area contributed by atoms with Crippen molar-refractivity contribution in [2.24, 2.45) is 22.4 Å². The van der Waals surface area contributed by atoms with Crippen LogP contribution in [0.2, 0.25) is 5.02 Å². The summed E-state index contributed by atoms with van der Waals surface area (Å²) >= 11 is 6.11. The Kier molecular flexibility index (Phi) is 5.69. The molecule has 158 valence electrons. The number of halogens is 1. The normalized spacial score (nSPS) is 25.0. The summed E-state index contributed by atoms with van der Waals surface area (Å²) < 4.78 is 10.8. The van der Waals surface area contributed by atoms with Gasteiger partial charge < -0.3 is 9.15 Å². The number of nitrogens with one attached hydrogen (secondary N) is 1. The molecule has 6 nitrogen and oxygen atoms in total. The molecule has 1 aromatic carbocycles. The van der Waals surface area contributed by atoms with Gasteiger partial charge in [-0.2, -0.15) is 5.10 Å². The van der Waals surface area contributed by atoms with Crippen LogP contribution in [0.15, 0.2) is 39.9 Å². The van der Waals surface area contributed by atoms with E-state index in [1.807, 2.05) is 0 Å². The molecule has 2 saturated carbocycles. The summed E-state index contributed by atoms with van der Waals surface area (Å²) in [6.07, 6.45) is 6.16. The van der Waals surface area contributed by atoms with E-state index in [2.05, 4.69) is 17.5 Å². The number of benzene rings is 1. The number of hydrogen-bond acceptors (Lipinski definition) is 5. The molecule has 2 aliphatic rings. The summed E-state index contributed by atoms with van der Waals surface area (Å²) in [5.41, 5.74) is 3.80. The quantitative estimate of drug-likeness (QED) is 0.396. The average Bonchev–Trinajstić information content (AvgIpc) is 3.09. The lowest BCUT2D eigenvalue weighted by Crippen LogP contribution is -2.22. The molecule has 1 aromatic heterocycles. The first-order chi connectivity index (χ1) is 14.4. The van der Waals surface area contributed by atoms with E-state index in [0.717, 1.165) is 12.8 Å². The highest BCUT2D eigenvalue weighted by molar-refractivity contribution is 6.33. The van der Waals surface area contributed by atoms with Crippen molar-refractivity contribution in [2.75, 3.05) is 6.61 Å². The molecule has 2 aliphatic carbocycles. The molecule has 2 aromatic rings. The van der Waals surface area contributed by atoms with Gasteiger partial charge in [0.15, 0.2) is 0 Å². The van der Waals surface area contributed by atoms with Gasteiger partial charge in [0.25, 0.3) is 0 Å². The molecule has 30 heavy (non-hydrogen) atoms. The molecule has 0 bridgehead atoms. The highest BCUT2D eigenvalue weighted by Gasteiger charge is 2.64. The third kappa shape index (κ3) is 3.88. The van der Waals surface area contributed by atoms with Gasteiger partial charge in [-0.15, -0.1) is 0 Å². The average molecular weight is 429 g/mol. The van der Waals surface area contributed by atoms with Gasteiger partial charge in [-0.25, -0.2) is 10.2 Å². The number of rotatable bonds is 6. The summed E-state index contributed by atoms with van der Waals surface area (Å²) in [4.78, 5) is 24.5. The number of ether oxygens (including phenoxy) is 1. The third-order valence-corrected chi connectivity index (χ3v) is 6.68. The zero-order valence-corrected chi connectivity index (χ0v) is 17.9. The molecule has 1 heterocycles. The number of carbonyl (C=O) groups excluding carboxylic acids is 2. The highest BCUT2D eigenvalue weighted by atomic mass is 35.5. The Hall–Kier alpha value is -2.60. The number of carbonyl (C=O) groups is 2. The Morgan fingerprint density at radius 2 is 2.17 bits per heavy atom. The van der Waals surface area contributed by atoms with Crippen LogP contribution in [0.1, 0.15) is 55.6 Å². The van der Waals surface area contributed by atoms with Crippen LogP contribution in [0.25, 0.3) is 11.3 Å². The molecule has 0 unspecified atom stereocenters. The van der Waals surface area contributed by atoms with Crippen molar-refractivity contribution in [2.45, 2.75) is 39.5 Å². The first-order valence-corrected chi connectivity index (χ1v) is 10.7. The maximum atomic E-state index is 12.5. The zero-order chi connectivity index (χ0) is 21.3. The van der Waals surface area contributed by atoms with Crippen molar-refractivity contribution in [1.29, 1.82) is 0 Å². The largest absolute Gasteiger partial charge is 0.462 e. The molecular formula is C23H25ClN2O4. The Labute approximate surface area is 180 Å². The number of hydrogen-bond donors (Lipinski definition) is 1. The number of hydrazone groups is 1. The van der Waals surface area contributed by atoms with Crippen LogP contribution in [-0.2, 0) is 9.53 Å². The van der Waals surface area contributed by atoms with E-state index in [9.17, 15) is 9.59 Å². The van der Waals surface area contributed by atoms with Crippen molar-refractivity contribution in [3.05, 3.63) is 46.7 Å². The summed E-state index contributed by atoms with van der Waals surface area (Å²) in [6, 6.07) is 8.56. The van der Waals surface area contributed by atoms with Gasteiger partial charge in [0.05, 0.1) is 23.4 Å². The fraction of sp³-hybridized carbons (Fsp3) is 0.435. The molecule has 0 radical (unpaired) electrons. The first-order valence-electron chi connectivity index (χ1n) is 10.3. The Bertz CT molecular complexity index is 999. The van der Waals surface area contributed by atoms with Crippen molar-refractivity contribution in [3.8, 4) is 11.3 Å². The summed E-state index contributed by atoms with van der Waals surface area (Å²) in [5, 5.41) is 4.39. The van der Waals surface area contributed by atoms with Crippen molar-refractivity contribution >= 4 is 29.7 Å². The van der Waals surface area contributed by atoms with Crippen LogP contribution in [0.3, 0.4) is 0 Å². The minimum atomic E-state index is -0.477. The van der Waals surface area contributed by atoms with Crippen LogP contribution in [0, 0.1) is 17.3 Å². The van der Waals surface area contributed by atoms with Crippen molar-refractivity contribution in [1.82, 2.24) is 5.43 Å².